The first-order valence-electron chi connectivity index (χ1n) is 13.8. The van der Waals surface area contributed by atoms with Gasteiger partial charge in [-0.3, -0.25) is 14.8 Å². The SMILES string of the molecule is CC1OC(=O)C1NC(=O)C1CCN(Cc2cc3nc(-c4cccc5[nH]ncc45)nc(N4CCOCC4)c3s2)CC1. The fourth-order valence-corrected chi connectivity index (χ4v) is 6.94. The lowest BCUT2D eigenvalue weighted by atomic mass is 9.95. The number of hydrogen-bond donors (Lipinski definition) is 2. The number of carbonyl (C=O) groups is 2. The second-order valence-corrected chi connectivity index (χ2v) is 11.8. The highest BCUT2D eigenvalue weighted by Crippen LogP contribution is 2.36. The lowest BCUT2D eigenvalue weighted by Gasteiger charge is -2.35. The number of hydrogen-bond acceptors (Lipinski definition) is 10. The van der Waals surface area contributed by atoms with Gasteiger partial charge in [0.05, 0.1) is 35.1 Å². The van der Waals surface area contributed by atoms with Gasteiger partial charge in [-0.1, -0.05) is 12.1 Å². The summed E-state index contributed by atoms with van der Waals surface area (Å²) in [5.74, 6) is 1.19. The number of carbonyl (C=O) groups excluding carboxylic acids is 2. The molecule has 0 radical (unpaired) electrons. The number of aromatic nitrogens is 4. The van der Waals surface area contributed by atoms with Crippen molar-refractivity contribution in [1.82, 2.24) is 30.4 Å². The van der Waals surface area contributed by atoms with Gasteiger partial charge >= 0.3 is 5.97 Å². The third kappa shape index (κ3) is 4.69. The predicted molar refractivity (Wildman–Crippen MR) is 151 cm³/mol. The van der Waals surface area contributed by atoms with Gasteiger partial charge in [-0.05, 0) is 45.0 Å². The molecule has 3 fully saturated rings. The van der Waals surface area contributed by atoms with Crippen LogP contribution in [-0.2, 0) is 25.6 Å². The lowest BCUT2D eigenvalue weighted by Crippen LogP contribution is -2.59. The zero-order valence-corrected chi connectivity index (χ0v) is 23.1. The van der Waals surface area contributed by atoms with Crippen molar-refractivity contribution in [1.29, 1.82) is 0 Å². The Morgan fingerprint density at radius 3 is 2.77 bits per heavy atom. The number of benzene rings is 1. The Morgan fingerprint density at radius 2 is 2.00 bits per heavy atom. The molecule has 40 heavy (non-hydrogen) atoms. The van der Waals surface area contributed by atoms with Gasteiger partial charge < -0.3 is 19.7 Å². The van der Waals surface area contributed by atoms with E-state index >= 15 is 0 Å². The molecular weight excluding hydrogens is 530 g/mol. The monoisotopic (exact) mass is 561 g/mol. The molecule has 1 amide bonds. The number of cyclic esters (lactones) is 1. The topological polar surface area (TPSA) is 126 Å². The molecule has 0 spiro atoms. The van der Waals surface area contributed by atoms with E-state index in [2.05, 4.69) is 31.4 Å². The molecule has 3 aromatic heterocycles. The first-order valence-corrected chi connectivity index (χ1v) is 14.6. The standard InChI is InChI=1S/C28H31N7O4S/c1-16-23(28(37)39-16)31-27(36)17-5-7-34(8-6-17)15-18-13-22-24(40-18)26(35-9-11-38-12-10-35)32-25(30-22)19-3-2-4-21-20(19)14-29-33-21/h2-4,13-14,16-17,23H,5-12,15H2,1H3,(H,29,33)(H,31,36). The van der Waals surface area contributed by atoms with E-state index in [1.807, 2.05) is 24.4 Å². The molecular formula is C28H31N7O4S. The van der Waals surface area contributed by atoms with Crippen molar-refractivity contribution in [2.45, 2.75) is 38.5 Å². The van der Waals surface area contributed by atoms with Crippen LogP contribution in [0.4, 0.5) is 5.82 Å². The molecule has 3 saturated heterocycles. The molecule has 0 aliphatic carbocycles. The number of esters is 1. The zero-order chi connectivity index (χ0) is 27.2. The van der Waals surface area contributed by atoms with Crippen molar-refractivity contribution in [3.8, 4) is 11.4 Å². The van der Waals surface area contributed by atoms with Crippen LogP contribution in [-0.4, -0.2) is 88.5 Å². The van der Waals surface area contributed by atoms with E-state index in [0.717, 1.165) is 78.1 Å². The van der Waals surface area contributed by atoms with Crippen molar-refractivity contribution in [3.05, 3.63) is 35.3 Å². The number of nitrogens with zero attached hydrogens (tertiary/aromatic N) is 5. The average molecular weight is 562 g/mol. The summed E-state index contributed by atoms with van der Waals surface area (Å²) in [7, 11) is 0. The maximum absolute atomic E-state index is 12.7. The van der Waals surface area contributed by atoms with Crippen LogP contribution >= 0.6 is 11.3 Å². The highest BCUT2D eigenvalue weighted by Gasteiger charge is 2.41. The van der Waals surface area contributed by atoms with Crippen LogP contribution in [0.25, 0.3) is 32.5 Å². The number of nitrogens with one attached hydrogen (secondary N) is 2. The Hall–Kier alpha value is -3.61. The van der Waals surface area contributed by atoms with Crippen molar-refractivity contribution in [2.75, 3.05) is 44.3 Å². The summed E-state index contributed by atoms with van der Waals surface area (Å²) in [6.07, 6.45) is 3.12. The Balaban J connectivity index is 1.11. The molecule has 12 heteroatoms. The quantitative estimate of drug-likeness (QED) is 0.342. The summed E-state index contributed by atoms with van der Waals surface area (Å²) < 4.78 is 11.7. The fourth-order valence-electron chi connectivity index (χ4n) is 5.78. The average Bonchev–Trinajstić information content (AvgIpc) is 3.63. The smallest absolute Gasteiger partial charge is 0.332 e. The van der Waals surface area contributed by atoms with Gasteiger partial charge in [0.1, 0.15) is 6.10 Å². The van der Waals surface area contributed by atoms with Crippen LogP contribution in [0.3, 0.4) is 0 Å². The molecule has 2 atom stereocenters. The van der Waals surface area contributed by atoms with E-state index in [0.29, 0.717) is 19.0 Å². The maximum Gasteiger partial charge on any atom is 0.332 e. The Kier molecular flexibility index (Phi) is 6.60. The number of ether oxygens (including phenoxy) is 2. The van der Waals surface area contributed by atoms with E-state index in [9.17, 15) is 9.59 Å². The van der Waals surface area contributed by atoms with Crippen LogP contribution in [0.2, 0.25) is 0 Å². The van der Waals surface area contributed by atoms with Gasteiger partial charge in [0, 0.05) is 41.4 Å². The van der Waals surface area contributed by atoms with Crippen molar-refractivity contribution in [3.63, 3.8) is 0 Å². The second kappa shape index (κ2) is 10.4. The number of morpholine rings is 1. The highest BCUT2D eigenvalue weighted by atomic mass is 32.1. The molecule has 6 heterocycles. The van der Waals surface area contributed by atoms with E-state index in [4.69, 9.17) is 19.4 Å². The van der Waals surface area contributed by atoms with Crippen LogP contribution in [0.5, 0.6) is 0 Å². The number of aromatic amines is 1. The van der Waals surface area contributed by atoms with Crippen LogP contribution in [0.1, 0.15) is 24.6 Å². The fraction of sp³-hybridized carbons (Fsp3) is 0.464. The summed E-state index contributed by atoms with van der Waals surface area (Å²) in [5.41, 5.74) is 2.86. The molecule has 11 nitrogen and oxygen atoms in total. The molecule has 2 N–H and O–H groups in total. The van der Waals surface area contributed by atoms with Gasteiger partial charge in [-0.15, -0.1) is 11.3 Å². The summed E-state index contributed by atoms with van der Waals surface area (Å²) in [4.78, 5) is 40.3. The van der Waals surface area contributed by atoms with Gasteiger partial charge in [-0.2, -0.15) is 5.10 Å². The molecule has 3 aliphatic rings. The van der Waals surface area contributed by atoms with Crippen LogP contribution in [0.15, 0.2) is 30.5 Å². The number of likely N-dealkylation sites (tertiary alicyclic amines) is 1. The summed E-state index contributed by atoms with van der Waals surface area (Å²) in [5, 5.41) is 11.1. The summed E-state index contributed by atoms with van der Waals surface area (Å²) in [6.45, 7) is 7.20. The number of rotatable bonds is 6. The van der Waals surface area contributed by atoms with E-state index in [1.54, 1.807) is 18.3 Å². The van der Waals surface area contributed by atoms with Gasteiger partial charge in [0.2, 0.25) is 5.91 Å². The maximum atomic E-state index is 12.7. The van der Waals surface area contributed by atoms with Gasteiger partial charge in [-0.25, -0.2) is 14.8 Å². The van der Waals surface area contributed by atoms with Crippen LogP contribution < -0.4 is 10.2 Å². The number of anilines is 1. The van der Waals surface area contributed by atoms with Crippen molar-refractivity contribution >= 4 is 50.2 Å². The third-order valence-corrected chi connectivity index (χ3v) is 9.21. The molecule has 0 bridgehead atoms. The minimum atomic E-state index is -0.503. The summed E-state index contributed by atoms with van der Waals surface area (Å²) >= 11 is 1.75. The molecule has 7 rings (SSSR count). The third-order valence-electron chi connectivity index (χ3n) is 8.10. The normalized spacial score (nSPS) is 22.4. The minimum Gasteiger partial charge on any atom is -0.458 e. The lowest BCUT2D eigenvalue weighted by molar-refractivity contribution is -0.176. The number of piperidine rings is 1. The number of H-pyrrole nitrogens is 1. The van der Waals surface area contributed by atoms with Crippen molar-refractivity contribution in [2.24, 2.45) is 5.92 Å². The summed E-state index contributed by atoms with van der Waals surface area (Å²) in [6, 6.07) is 7.73. The Morgan fingerprint density at radius 1 is 1.18 bits per heavy atom. The molecule has 4 aromatic rings. The zero-order valence-electron chi connectivity index (χ0n) is 22.3. The molecule has 0 saturated carbocycles. The highest BCUT2D eigenvalue weighted by molar-refractivity contribution is 7.19. The van der Waals surface area contributed by atoms with Crippen molar-refractivity contribution < 1.29 is 19.1 Å². The van der Waals surface area contributed by atoms with E-state index in [1.165, 1.54) is 4.88 Å². The first-order chi connectivity index (χ1) is 19.5. The number of fused-ring (bicyclic) bond motifs is 2. The van der Waals surface area contributed by atoms with Gasteiger partial charge in [0.25, 0.3) is 0 Å². The number of thiophene rings is 1. The molecule has 2 unspecified atom stereocenters. The van der Waals surface area contributed by atoms with E-state index < -0.39 is 6.04 Å². The Bertz CT molecular complexity index is 1570. The second-order valence-electron chi connectivity index (χ2n) is 10.7. The first kappa shape index (κ1) is 25.4. The molecule has 208 valence electrons. The predicted octanol–water partition coefficient (Wildman–Crippen LogP) is 2.71. The number of amides is 1. The Labute approximate surface area is 234 Å². The van der Waals surface area contributed by atoms with E-state index in [-0.39, 0.29) is 23.9 Å². The molecule has 3 aliphatic heterocycles. The van der Waals surface area contributed by atoms with Gasteiger partial charge in [0.15, 0.2) is 17.7 Å². The molecule has 1 aromatic carbocycles. The largest absolute Gasteiger partial charge is 0.458 e. The minimum absolute atomic E-state index is 0.0411. The van der Waals surface area contributed by atoms with Crippen LogP contribution in [0, 0.1) is 5.92 Å².